The van der Waals surface area contributed by atoms with E-state index in [-0.39, 0.29) is 24.3 Å². The van der Waals surface area contributed by atoms with Crippen LogP contribution in [0.15, 0.2) is 28.7 Å². The third-order valence-corrected chi connectivity index (χ3v) is 5.35. The van der Waals surface area contributed by atoms with Gasteiger partial charge in [0, 0.05) is 36.6 Å². The van der Waals surface area contributed by atoms with Crippen molar-refractivity contribution < 1.29 is 14.3 Å². The molecule has 1 aromatic rings. The summed E-state index contributed by atoms with van der Waals surface area (Å²) >= 11 is 3.37. The van der Waals surface area contributed by atoms with Gasteiger partial charge in [0.05, 0.1) is 0 Å². The molecule has 3 rings (SSSR count). The second kappa shape index (κ2) is 8.01. The van der Waals surface area contributed by atoms with Crippen molar-refractivity contribution in [2.75, 3.05) is 32.8 Å². The van der Waals surface area contributed by atoms with Crippen LogP contribution in [0.2, 0.25) is 0 Å². The molecule has 0 aromatic heterocycles. The first-order chi connectivity index (χ1) is 11.6. The number of carbonyl (C=O) groups excluding carboxylic acids is 2. The molecule has 6 heteroatoms. The van der Waals surface area contributed by atoms with Crippen LogP contribution in [0.4, 0.5) is 0 Å². The highest BCUT2D eigenvalue weighted by molar-refractivity contribution is 9.10. The number of ether oxygens (including phenoxy) is 1. The van der Waals surface area contributed by atoms with Crippen molar-refractivity contribution in [1.29, 1.82) is 0 Å². The summed E-state index contributed by atoms with van der Waals surface area (Å²) in [5.41, 5.74) is 0. The minimum Gasteiger partial charge on any atom is -0.484 e. The zero-order chi connectivity index (χ0) is 16.9. The predicted octanol–water partition coefficient (Wildman–Crippen LogP) is 2.69. The van der Waals surface area contributed by atoms with Crippen LogP contribution in [0, 0.1) is 5.92 Å². The molecular formula is C18H23BrN2O3. The lowest BCUT2D eigenvalue weighted by Crippen LogP contribution is -2.52. The van der Waals surface area contributed by atoms with Gasteiger partial charge in [0.25, 0.3) is 5.91 Å². The van der Waals surface area contributed by atoms with Crippen molar-refractivity contribution in [2.24, 2.45) is 5.92 Å². The van der Waals surface area contributed by atoms with Crippen LogP contribution in [0.25, 0.3) is 0 Å². The number of piperazine rings is 1. The molecular weight excluding hydrogens is 372 g/mol. The Morgan fingerprint density at radius 3 is 2.21 bits per heavy atom. The number of rotatable bonds is 4. The maximum atomic E-state index is 12.4. The monoisotopic (exact) mass is 394 g/mol. The number of amides is 2. The average molecular weight is 395 g/mol. The van der Waals surface area contributed by atoms with E-state index in [1.165, 1.54) is 12.8 Å². The molecule has 0 bridgehead atoms. The molecule has 1 aliphatic carbocycles. The normalized spacial score (nSPS) is 18.7. The van der Waals surface area contributed by atoms with Crippen LogP contribution >= 0.6 is 15.9 Å². The lowest BCUT2D eigenvalue weighted by atomic mass is 10.1. The predicted molar refractivity (Wildman–Crippen MR) is 94.8 cm³/mol. The fourth-order valence-corrected chi connectivity index (χ4v) is 3.64. The van der Waals surface area contributed by atoms with Crippen molar-refractivity contribution in [3.63, 3.8) is 0 Å². The highest BCUT2D eigenvalue weighted by Crippen LogP contribution is 2.27. The Labute approximate surface area is 151 Å². The number of carbonyl (C=O) groups is 2. The highest BCUT2D eigenvalue weighted by atomic mass is 79.9. The fraction of sp³-hybridized carbons (Fsp3) is 0.556. The summed E-state index contributed by atoms with van der Waals surface area (Å²) in [7, 11) is 0. The molecule has 1 heterocycles. The lowest BCUT2D eigenvalue weighted by Gasteiger charge is -2.36. The van der Waals surface area contributed by atoms with E-state index >= 15 is 0 Å². The van der Waals surface area contributed by atoms with Crippen LogP contribution in [0.3, 0.4) is 0 Å². The van der Waals surface area contributed by atoms with E-state index in [9.17, 15) is 9.59 Å². The Kier molecular flexibility index (Phi) is 5.76. The van der Waals surface area contributed by atoms with Gasteiger partial charge in [-0.25, -0.2) is 0 Å². The van der Waals surface area contributed by atoms with Gasteiger partial charge < -0.3 is 14.5 Å². The number of halogens is 1. The number of benzene rings is 1. The van der Waals surface area contributed by atoms with Crippen molar-refractivity contribution in [3.05, 3.63) is 28.7 Å². The molecule has 0 unspecified atom stereocenters. The van der Waals surface area contributed by atoms with Gasteiger partial charge in [-0.3, -0.25) is 9.59 Å². The zero-order valence-corrected chi connectivity index (χ0v) is 15.3. The Hall–Kier alpha value is -1.56. The van der Waals surface area contributed by atoms with Crippen molar-refractivity contribution in [2.45, 2.75) is 25.7 Å². The molecule has 1 saturated heterocycles. The number of hydrogen-bond acceptors (Lipinski definition) is 3. The van der Waals surface area contributed by atoms with E-state index in [0.717, 1.165) is 17.3 Å². The van der Waals surface area contributed by atoms with Crippen molar-refractivity contribution in [3.8, 4) is 5.75 Å². The van der Waals surface area contributed by atoms with Gasteiger partial charge in [-0.15, -0.1) is 0 Å². The first-order valence-corrected chi connectivity index (χ1v) is 9.38. The second-order valence-corrected chi connectivity index (χ2v) is 7.35. The molecule has 0 N–H and O–H groups in total. The quantitative estimate of drug-likeness (QED) is 0.788. The lowest BCUT2D eigenvalue weighted by molar-refractivity contribution is -0.142. The van der Waals surface area contributed by atoms with E-state index < -0.39 is 0 Å². The molecule has 1 saturated carbocycles. The minimum atomic E-state index is -0.0223. The maximum Gasteiger partial charge on any atom is 0.260 e. The van der Waals surface area contributed by atoms with E-state index in [2.05, 4.69) is 15.9 Å². The summed E-state index contributed by atoms with van der Waals surface area (Å²) in [6.07, 6.45) is 4.39. The van der Waals surface area contributed by atoms with Crippen LogP contribution in [-0.2, 0) is 9.59 Å². The molecule has 1 aromatic carbocycles. The molecule has 2 fully saturated rings. The standard InChI is InChI=1S/C18H23BrN2O3/c19-15-5-7-16(8-6-15)24-13-17(22)20-9-11-21(12-10-20)18(23)14-3-1-2-4-14/h5-8,14H,1-4,9-13H2. The molecule has 1 aliphatic heterocycles. The van der Waals surface area contributed by atoms with Crippen LogP contribution in [0.5, 0.6) is 5.75 Å². The molecule has 2 aliphatic rings. The Bertz CT molecular complexity index is 576. The topological polar surface area (TPSA) is 49.9 Å². The summed E-state index contributed by atoms with van der Waals surface area (Å²) in [5.74, 6) is 1.16. The molecule has 24 heavy (non-hydrogen) atoms. The molecule has 0 radical (unpaired) electrons. The first-order valence-electron chi connectivity index (χ1n) is 8.58. The fourth-order valence-electron chi connectivity index (χ4n) is 3.37. The second-order valence-electron chi connectivity index (χ2n) is 6.43. The Balaban J connectivity index is 1.43. The van der Waals surface area contributed by atoms with Gasteiger partial charge in [-0.1, -0.05) is 28.8 Å². The SMILES string of the molecule is O=C(COc1ccc(Br)cc1)N1CCN(C(=O)C2CCCC2)CC1. The van der Waals surface area contributed by atoms with Crippen molar-refractivity contribution in [1.82, 2.24) is 9.80 Å². The Morgan fingerprint density at radius 1 is 1.00 bits per heavy atom. The number of hydrogen-bond donors (Lipinski definition) is 0. The van der Waals surface area contributed by atoms with E-state index in [1.807, 2.05) is 29.2 Å². The van der Waals surface area contributed by atoms with Gasteiger partial charge in [-0.05, 0) is 37.1 Å². The van der Waals surface area contributed by atoms with Gasteiger partial charge in [0.2, 0.25) is 5.91 Å². The Morgan fingerprint density at radius 2 is 1.58 bits per heavy atom. The van der Waals surface area contributed by atoms with E-state index in [4.69, 9.17) is 4.74 Å². The smallest absolute Gasteiger partial charge is 0.260 e. The van der Waals surface area contributed by atoms with Gasteiger partial charge in [0.1, 0.15) is 5.75 Å². The molecule has 130 valence electrons. The average Bonchev–Trinajstić information content (AvgIpc) is 3.15. The third kappa shape index (κ3) is 4.29. The maximum absolute atomic E-state index is 12.4. The van der Waals surface area contributed by atoms with E-state index in [0.29, 0.717) is 31.9 Å². The van der Waals surface area contributed by atoms with Crippen molar-refractivity contribution >= 4 is 27.7 Å². The molecule has 5 nitrogen and oxygen atoms in total. The molecule has 2 amide bonds. The summed E-state index contributed by atoms with van der Waals surface area (Å²) < 4.78 is 6.52. The summed E-state index contributed by atoms with van der Waals surface area (Å²) in [4.78, 5) is 28.4. The van der Waals surface area contributed by atoms with Gasteiger partial charge >= 0.3 is 0 Å². The third-order valence-electron chi connectivity index (χ3n) is 4.82. The summed E-state index contributed by atoms with van der Waals surface area (Å²) in [5, 5.41) is 0. The molecule has 0 atom stereocenters. The largest absolute Gasteiger partial charge is 0.484 e. The highest BCUT2D eigenvalue weighted by Gasteiger charge is 2.30. The number of nitrogens with zero attached hydrogens (tertiary/aromatic N) is 2. The van der Waals surface area contributed by atoms with Crippen LogP contribution in [-0.4, -0.2) is 54.4 Å². The molecule has 0 spiro atoms. The van der Waals surface area contributed by atoms with E-state index in [1.54, 1.807) is 4.90 Å². The summed E-state index contributed by atoms with van der Waals surface area (Å²) in [6.45, 7) is 2.51. The van der Waals surface area contributed by atoms with Crippen LogP contribution in [0.1, 0.15) is 25.7 Å². The van der Waals surface area contributed by atoms with Crippen LogP contribution < -0.4 is 4.74 Å². The van der Waals surface area contributed by atoms with Gasteiger partial charge in [0.15, 0.2) is 6.61 Å². The summed E-state index contributed by atoms with van der Waals surface area (Å²) in [6, 6.07) is 7.42. The minimum absolute atomic E-state index is 0.0223. The van der Waals surface area contributed by atoms with Gasteiger partial charge in [-0.2, -0.15) is 0 Å². The first kappa shape index (κ1) is 17.3. The zero-order valence-electron chi connectivity index (χ0n) is 13.7.